The van der Waals surface area contributed by atoms with Crippen LogP contribution in [0.3, 0.4) is 0 Å². The number of piperidine rings is 1. The molecule has 7 heteroatoms. The Labute approximate surface area is 184 Å². The number of likely N-dealkylation sites (N-methyl/N-ethyl adjacent to an activating group) is 2. The second-order valence-corrected chi connectivity index (χ2v) is 11.3. The van der Waals surface area contributed by atoms with Crippen LogP contribution in [0.15, 0.2) is 47.4 Å². The number of hydrogen-bond donors (Lipinski definition) is 1. The highest BCUT2D eigenvalue weighted by Gasteiger charge is 2.52. The molecule has 2 aromatic rings. The Morgan fingerprint density at radius 2 is 1.90 bits per heavy atom. The van der Waals surface area contributed by atoms with Crippen LogP contribution in [0, 0.1) is 0 Å². The molecule has 1 aliphatic heterocycles. The summed E-state index contributed by atoms with van der Waals surface area (Å²) < 4.78 is 23.4. The molecular weight excluding hydrogens is 412 g/mol. The Morgan fingerprint density at radius 3 is 2.55 bits per heavy atom. The number of nitrogens with zero attached hydrogens (tertiary/aromatic N) is 2. The van der Waals surface area contributed by atoms with E-state index in [-0.39, 0.29) is 40.5 Å². The fourth-order valence-corrected chi connectivity index (χ4v) is 6.07. The molecule has 0 spiro atoms. The maximum absolute atomic E-state index is 13.3. The molecule has 3 atom stereocenters. The molecule has 2 bridgehead atoms. The minimum atomic E-state index is -3.26. The smallest absolute Gasteiger partial charge is 0.227 e. The number of aromatic hydroxyl groups is 1. The second kappa shape index (κ2) is 7.64. The molecule has 166 valence electrons. The Kier molecular flexibility index (Phi) is 5.38. The monoisotopic (exact) mass is 442 g/mol. The van der Waals surface area contributed by atoms with Gasteiger partial charge < -0.3 is 14.9 Å². The largest absolute Gasteiger partial charge is 0.508 e. The first kappa shape index (κ1) is 21.8. The summed E-state index contributed by atoms with van der Waals surface area (Å²) in [6, 6.07) is 12.4. The van der Waals surface area contributed by atoms with Gasteiger partial charge in [0.25, 0.3) is 0 Å². The first-order valence-corrected chi connectivity index (χ1v) is 12.5. The fraction of sp³-hybridized carbons (Fsp3) is 0.458. The zero-order valence-corrected chi connectivity index (χ0v) is 19.3. The van der Waals surface area contributed by atoms with Crippen LogP contribution >= 0.6 is 0 Å². The lowest BCUT2D eigenvalue weighted by molar-refractivity contribution is -0.136. The number of amides is 1. The van der Waals surface area contributed by atoms with Crippen molar-refractivity contribution < 1.29 is 18.3 Å². The van der Waals surface area contributed by atoms with Crippen molar-refractivity contribution in [2.75, 3.05) is 26.9 Å². The average Bonchev–Trinajstić information content (AvgIpc) is 2.71. The van der Waals surface area contributed by atoms with Crippen molar-refractivity contribution in [2.45, 2.75) is 48.6 Å². The lowest BCUT2D eigenvalue weighted by atomic mass is 9.61. The molecule has 2 aliphatic rings. The maximum atomic E-state index is 13.3. The number of carbonyl (C=O) groups excluding carboxylic acids is 1. The van der Waals surface area contributed by atoms with Gasteiger partial charge in [-0.05, 0) is 67.4 Å². The number of hydrogen-bond acceptors (Lipinski definition) is 5. The third-order valence-electron chi connectivity index (χ3n) is 7.22. The van der Waals surface area contributed by atoms with Crippen molar-refractivity contribution in [3.05, 3.63) is 59.2 Å². The fourth-order valence-electron chi connectivity index (χ4n) is 5.44. The predicted octanol–water partition coefficient (Wildman–Crippen LogP) is 2.38. The van der Waals surface area contributed by atoms with Gasteiger partial charge in [0, 0.05) is 24.8 Å². The van der Waals surface area contributed by atoms with E-state index in [4.69, 9.17) is 0 Å². The highest BCUT2D eigenvalue weighted by atomic mass is 32.2. The number of phenolic OH excluding ortho intramolecular Hbond substituents is 1. The van der Waals surface area contributed by atoms with E-state index in [2.05, 4.69) is 18.9 Å². The lowest BCUT2D eigenvalue weighted by Crippen LogP contribution is -2.67. The molecule has 6 nitrogen and oxygen atoms in total. The van der Waals surface area contributed by atoms with E-state index in [0.717, 1.165) is 30.5 Å². The third kappa shape index (κ3) is 3.85. The molecule has 1 unspecified atom stereocenters. The number of fused-ring (bicyclic) bond motifs is 4. The molecule has 2 aromatic carbocycles. The summed E-state index contributed by atoms with van der Waals surface area (Å²) in [6.07, 6.45) is 3.14. The van der Waals surface area contributed by atoms with Gasteiger partial charge in [0.1, 0.15) is 5.75 Å². The highest BCUT2D eigenvalue weighted by Crippen LogP contribution is 2.47. The van der Waals surface area contributed by atoms with Crippen LogP contribution < -0.4 is 0 Å². The Hall–Kier alpha value is -2.38. The number of rotatable bonds is 4. The number of benzene rings is 2. The number of likely N-dealkylation sites (tertiary alicyclic amines) is 1. The van der Waals surface area contributed by atoms with E-state index in [1.807, 2.05) is 24.1 Å². The molecule has 1 saturated heterocycles. The van der Waals surface area contributed by atoms with Crippen molar-refractivity contribution in [1.29, 1.82) is 0 Å². The van der Waals surface area contributed by atoms with Gasteiger partial charge >= 0.3 is 0 Å². The van der Waals surface area contributed by atoms with Gasteiger partial charge in [-0.3, -0.25) is 4.79 Å². The summed E-state index contributed by atoms with van der Waals surface area (Å²) >= 11 is 0. The van der Waals surface area contributed by atoms with E-state index < -0.39 is 9.84 Å². The van der Waals surface area contributed by atoms with E-state index in [1.54, 1.807) is 30.3 Å². The van der Waals surface area contributed by atoms with Crippen LogP contribution in [0.4, 0.5) is 0 Å². The van der Waals surface area contributed by atoms with Crippen molar-refractivity contribution in [1.82, 2.24) is 9.80 Å². The summed E-state index contributed by atoms with van der Waals surface area (Å²) in [6.45, 7) is 3.15. The molecule has 31 heavy (non-hydrogen) atoms. The molecule has 1 heterocycles. The minimum Gasteiger partial charge on any atom is -0.508 e. The van der Waals surface area contributed by atoms with E-state index in [0.29, 0.717) is 0 Å². The van der Waals surface area contributed by atoms with Crippen molar-refractivity contribution in [2.24, 2.45) is 0 Å². The molecule has 0 aromatic heterocycles. The van der Waals surface area contributed by atoms with Gasteiger partial charge in [-0.2, -0.15) is 0 Å². The van der Waals surface area contributed by atoms with E-state index in [9.17, 15) is 18.3 Å². The molecule has 1 amide bonds. The maximum Gasteiger partial charge on any atom is 0.227 e. The summed E-state index contributed by atoms with van der Waals surface area (Å²) in [5, 5.41) is 10.1. The van der Waals surface area contributed by atoms with Gasteiger partial charge in [0.05, 0.1) is 17.4 Å². The van der Waals surface area contributed by atoms with Crippen molar-refractivity contribution in [3.8, 4) is 5.75 Å². The topological polar surface area (TPSA) is 77.9 Å². The van der Waals surface area contributed by atoms with Crippen LogP contribution in [-0.2, 0) is 32.9 Å². The van der Waals surface area contributed by atoms with Gasteiger partial charge in [-0.25, -0.2) is 8.42 Å². The number of phenols is 1. The summed E-state index contributed by atoms with van der Waals surface area (Å²) in [5.41, 5.74) is 2.93. The zero-order valence-electron chi connectivity index (χ0n) is 18.5. The highest BCUT2D eigenvalue weighted by molar-refractivity contribution is 7.90. The molecule has 1 aliphatic carbocycles. The van der Waals surface area contributed by atoms with Gasteiger partial charge in [-0.15, -0.1) is 0 Å². The summed E-state index contributed by atoms with van der Waals surface area (Å²) in [5.74, 6) is 0.267. The molecule has 1 fully saturated rings. The van der Waals surface area contributed by atoms with Crippen molar-refractivity contribution in [3.63, 3.8) is 0 Å². The first-order chi connectivity index (χ1) is 14.5. The second-order valence-electron chi connectivity index (χ2n) is 9.30. The zero-order chi connectivity index (χ0) is 22.6. The molecule has 0 saturated carbocycles. The average molecular weight is 443 g/mol. The van der Waals surface area contributed by atoms with Crippen molar-refractivity contribution >= 4 is 15.7 Å². The Balaban J connectivity index is 1.62. The SMILES string of the molecule is CN1CCC2(C)c3cc(O)ccc3C[C@@H]1[C@@H]2N(C)C(=O)Cc1ccc(S(C)(=O)=O)cc1. The summed E-state index contributed by atoms with van der Waals surface area (Å²) in [7, 11) is 0.728. The Bertz CT molecular complexity index is 1110. The molecule has 1 N–H and O–H groups in total. The van der Waals surface area contributed by atoms with Crippen LogP contribution in [0.25, 0.3) is 0 Å². The first-order valence-electron chi connectivity index (χ1n) is 10.6. The Morgan fingerprint density at radius 1 is 1.23 bits per heavy atom. The normalized spacial score (nSPS) is 25.7. The van der Waals surface area contributed by atoms with Crippen LogP contribution in [0.5, 0.6) is 5.75 Å². The number of sulfone groups is 1. The van der Waals surface area contributed by atoms with Gasteiger partial charge in [0.15, 0.2) is 9.84 Å². The van der Waals surface area contributed by atoms with Crippen LogP contribution in [-0.4, -0.2) is 68.2 Å². The van der Waals surface area contributed by atoms with E-state index >= 15 is 0 Å². The number of carbonyl (C=O) groups is 1. The van der Waals surface area contributed by atoms with Crippen LogP contribution in [0.1, 0.15) is 30.0 Å². The minimum absolute atomic E-state index is 0.00670. The summed E-state index contributed by atoms with van der Waals surface area (Å²) in [4.78, 5) is 17.8. The van der Waals surface area contributed by atoms with Crippen LogP contribution in [0.2, 0.25) is 0 Å². The standard InChI is InChI=1S/C24H30N2O4S/c1-24-11-12-25(2)21(14-17-7-8-18(27)15-20(17)24)23(24)26(3)22(28)13-16-5-9-19(10-6-16)31(4,29)30/h5-10,15,21,23,27H,11-14H2,1-4H3/t21-,23+,24?/m1/s1. The molecular formula is C24H30N2O4S. The molecule has 0 radical (unpaired) electrons. The quantitative estimate of drug-likeness (QED) is 0.787. The molecule has 4 rings (SSSR count). The third-order valence-corrected chi connectivity index (χ3v) is 8.35. The van der Waals surface area contributed by atoms with Gasteiger partial charge in [0.2, 0.25) is 5.91 Å². The van der Waals surface area contributed by atoms with Gasteiger partial charge in [-0.1, -0.05) is 25.1 Å². The lowest BCUT2D eigenvalue weighted by Gasteiger charge is -2.57. The predicted molar refractivity (Wildman–Crippen MR) is 120 cm³/mol. The van der Waals surface area contributed by atoms with E-state index in [1.165, 1.54) is 11.8 Å².